The third-order valence-corrected chi connectivity index (χ3v) is 3.51. The molecule has 1 heterocycles. The van der Waals surface area contributed by atoms with E-state index >= 15 is 0 Å². The third kappa shape index (κ3) is 3.97. The Morgan fingerprint density at radius 1 is 1.50 bits per heavy atom. The Bertz CT molecular complexity index is 516. The summed E-state index contributed by atoms with van der Waals surface area (Å²) in [6, 6.07) is 2.99. The lowest BCUT2D eigenvalue weighted by atomic mass is 10.4. The van der Waals surface area contributed by atoms with Crippen molar-refractivity contribution >= 4 is 21.6 Å². The van der Waals surface area contributed by atoms with Crippen molar-refractivity contribution in [2.24, 2.45) is 0 Å². The van der Waals surface area contributed by atoms with Gasteiger partial charge in [-0.05, 0) is 19.1 Å². The molecule has 7 nitrogen and oxygen atoms in total. The standard InChI is InChI=1S/C10H16N4O3S/c1-2-12-9(15)5-7-14-18(16,17)10-8(11)4-3-6-13-10/h3-4,6,14H,2,5,7,11H2,1H3,(H,12,15). The fourth-order valence-corrected chi connectivity index (χ4v) is 2.37. The van der Waals surface area contributed by atoms with Gasteiger partial charge in [-0.25, -0.2) is 18.1 Å². The second kappa shape index (κ2) is 6.31. The van der Waals surface area contributed by atoms with Crippen molar-refractivity contribution in [3.8, 4) is 0 Å². The summed E-state index contributed by atoms with van der Waals surface area (Å²) in [4.78, 5) is 14.9. The number of hydrogen-bond donors (Lipinski definition) is 3. The Kier molecular flexibility index (Phi) is 5.05. The van der Waals surface area contributed by atoms with Gasteiger partial charge in [0.25, 0.3) is 10.0 Å². The molecule has 0 aliphatic heterocycles. The van der Waals surface area contributed by atoms with Crippen LogP contribution in [0.4, 0.5) is 5.69 Å². The molecule has 8 heteroatoms. The highest BCUT2D eigenvalue weighted by atomic mass is 32.2. The quantitative estimate of drug-likeness (QED) is 0.644. The topological polar surface area (TPSA) is 114 Å². The number of aromatic nitrogens is 1. The van der Waals surface area contributed by atoms with Crippen molar-refractivity contribution in [1.29, 1.82) is 0 Å². The molecule has 100 valence electrons. The van der Waals surface area contributed by atoms with Gasteiger partial charge in [0.2, 0.25) is 5.91 Å². The van der Waals surface area contributed by atoms with Gasteiger partial charge in [-0.15, -0.1) is 0 Å². The molecular weight excluding hydrogens is 256 g/mol. The molecule has 0 unspecified atom stereocenters. The van der Waals surface area contributed by atoms with E-state index in [-0.39, 0.29) is 29.6 Å². The first-order valence-electron chi connectivity index (χ1n) is 5.44. The van der Waals surface area contributed by atoms with Gasteiger partial charge >= 0.3 is 0 Å². The molecule has 0 aromatic carbocycles. The summed E-state index contributed by atoms with van der Waals surface area (Å²) in [5.41, 5.74) is 5.60. The molecule has 1 amide bonds. The number of hydrogen-bond acceptors (Lipinski definition) is 5. The molecule has 0 spiro atoms. The maximum absolute atomic E-state index is 11.8. The zero-order valence-electron chi connectivity index (χ0n) is 10.0. The molecule has 0 aliphatic rings. The van der Waals surface area contributed by atoms with Crippen LogP contribution in [-0.2, 0) is 14.8 Å². The van der Waals surface area contributed by atoms with Crippen LogP contribution in [-0.4, -0.2) is 32.4 Å². The average Bonchev–Trinajstić information content (AvgIpc) is 2.29. The van der Waals surface area contributed by atoms with Gasteiger partial charge < -0.3 is 11.1 Å². The number of nitrogens with zero attached hydrogens (tertiary/aromatic N) is 1. The number of anilines is 1. The van der Waals surface area contributed by atoms with E-state index in [9.17, 15) is 13.2 Å². The van der Waals surface area contributed by atoms with Gasteiger partial charge in [0.15, 0.2) is 5.03 Å². The van der Waals surface area contributed by atoms with E-state index in [4.69, 9.17) is 5.73 Å². The maximum Gasteiger partial charge on any atom is 0.260 e. The minimum absolute atomic E-state index is 0.00415. The van der Waals surface area contributed by atoms with Gasteiger partial charge in [0, 0.05) is 25.7 Å². The molecule has 0 fully saturated rings. The fraction of sp³-hybridized carbons (Fsp3) is 0.400. The van der Waals surface area contributed by atoms with Crippen LogP contribution in [0, 0.1) is 0 Å². The summed E-state index contributed by atoms with van der Waals surface area (Å²) in [5.74, 6) is -0.214. The minimum Gasteiger partial charge on any atom is -0.396 e. The summed E-state index contributed by atoms with van der Waals surface area (Å²) >= 11 is 0. The van der Waals surface area contributed by atoms with E-state index in [1.54, 1.807) is 13.0 Å². The fourth-order valence-electron chi connectivity index (χ4n) is 1.28. The highest BCUT2D eigenvalue weighted by Crippen LogP contribution is 2.13. The van der Waals surface area contributed by atoms with Crippen molar-refractivity contribution in [3.63, 3.8) is 0 Å². The minimum atomic E-state index is -3.77. The van der Waals surface area contributed by atoms with Gasteiger partial charge in [-0.1, -0.05) is 0 Å². The molecule has 0 saturated carbocycles. The van der Waals surface area contributed by atoms with Crippen molar-refractivity contribution in [2.75, 3.05) is 18.8 Å². The molecule has 1 aromatic heterocycles. The molecule has 0 saturated heterocycles. The Labute approximate surface area is 106 Å². The SMILES string of the molecule is CCNC(=O)CCNS(=O)(=O)c1ncccc1N. The normalized spacial score (nSPS) is 11.2. The number of sulfonamides is 1. The number of nitrogens with two attached hydrogens (primary N) is 1. The van der Waals surface area contributed by atoms with Crippen LogP contribution in [0.5, 0.6) is 0 Å². The van der Waals surface area contributed by atoms with Crippen LogP contribution in [0.25, 0.3) is 0 Å². The molecule has 1 rings (SSSR count). The highest BCUT2D eigenvalue weighted by molar-refractivity contribution is 7.89. The lowest BCUT2D eigenvalue weighted by Gasteiger charge is -2.07. The second-order valence-electron chi connectivity index (χ2n) is 3.50. The first-order valence-corrected chi connectivity index (χ1v) is 6.92. The first kappa shape index (κ1) is 14.4. The van der Waals surface area contributed by atoms with Crippen molar-refractivity contribution in [1.82, 2.24) is 15.0 Å². The lowest BCUT2D eigenvalue weighted by Crippen LogP contribution is -2.31. The van der Waals surface area contributed by atoms with Crippen LogP contribution >= 0.6 is 0 Å². The number of amides is 1. The number of carbonyl (C=O) groups is 1. The van der Waals surface area contributed by atoms with Crippen LogP contribution < -0.4 is 15.8 Å². The maximum atomic E-state index is 11.8. The molecule has 0 radical (unpaired) electrons. The summed E-state index contributed by atoms with van der Waals surface area (Å²) in [6.45, 7) is 2.31. The molecule has 0 bridgehead atoms. The zero-order chi connectivity index (χ0) is 13.6. The van der Waals surface area contributed by atoms with E-state index in [2.05, 4.69) is 15.0 Å². The third-order valence-electron chi connectivity index (χ3n) is 2.07. The van der Waals surface area contributed by atoms with E-state index < -0.39 is 10.0 Å². The van der Waals surface area contributed by atoms with E-state index in [1.807, 2.05) is 0 Å². The summed E-state index contributed by atoms with van der Waals surface area (Å²) in [7, 11) is -3.77. The predicted molar refractivity (Wildman–Crippen MR) is 67.1 cm³/mol. The molecule has 18 heavy (non-hydrogen) atoms. The van der Waals surface area contributed by atoms with Crippen molar-refractivity contribution in [2.45, 2.75) is 18.4 Å². The Morgan fingerprint density at radius 3 is 2.83 bits per heavy atom. The van der Waals surface area contributed by atoms with E-state index in [1.165, 1.54) is 12.3 Å². The number of nitrogen functional groups attached to an aromatic ring is 1. The Balaban J connectivity index is 2.61. The van der Waals surface area contributed by atoms with Gasteiger partial charge in [-0.3, -0.25) is 4.79 Å². The molecule has 4 N–H and O–H groups in total. The Hall–Kier alpha value is -1.67. The summed E-state index contributed by atoms with van der Waals surface area (Å²) in [6.07, 6.45) is 1.41. The average molecular weight is 272 g/mol. The Morgan fingerprint density at radius 2 is 2.22 bits per heavy atom. The molecule has 0 aliphatic carbocycles. The first-order chi connectivity index (χ1) is 8.47. The van der Waals surface area contributed by atoms with E-state index in [0.29, 0.717) is 6.54 Å². The number of rotatable bonds is 6. The lowest BCUT2D eigenvalue weighted by molar-refractivity contribution is -0.120. The van der Waals surface area contributed by atoms with Gasteiger partial charge in [0.1, 0.15) is 0 Å². The van der Waals surface area contributed by atoms with Crippen LogP contribution in [0.15, 0.2) is 23.4 Å². The zero-order valence-corrected chi connectivity index (χ0v) is 10.8. The van der Waals surface area contributed by atoms with E-state index in [0.717, 1.165) is 0 Å². The van der Waals surface area contributed by atoms with Crippen LogP contribution in [0.1, 0.15) is 13.3 Å². The monoisotopic (exact) mass is 272 g/mol. The summed E-state index contributed by atoms with van der Waals surface area (Å²) in [5, 5.41) is 2.35. The summed E-state index contributed by atoms with van der Waals surface area (Å²) < 4.78 is 25.9. The number of pyridine rings is 1. The van der Waals surface area contributed by atoms with Gasteiger partial charge in [0.05, 0.1) is 5.69 Å². The van der Waals surface area contributed by atoms with Crippen molar-refractivity contribution < 1.29 is 13.2 Å². The molecule has 1 aromatic rings. The smallest absolute Gasteiger partial charge is 0.260 e. The predicted octanol–water partition coefficient (Wildman–Crippen LogP) is -0.532. The van der Waals surface area contributed by atoms with Crippen molar-refractivity contribution in [3.05, 3.63) is 18.3 Å². The van der Waals surface area contributed by atoms with Gasteiger partial charge in [-0.2, -0.15) is 0 Å². The highest BCUT2D eigenvalue weighted by Gasteiger charge is 2.18. The van der Waals surface area contributed by atoms with Crippen LogP contribution in [0.2, 0.25) is 0 Å². The molecule has 0 atom stereocenters. The number of carbonyl (C=O) groups excluding carboxylic acids is 1. The largest absolute Gasteiger partial charge is 0.396 e. The number of nitrogens with one attached hydrogen (secondary N) is 2. The van der Waals surface area contributed by atoms with Crippen LogP contribution in [0.3, 0.4) is 0 Å². The second-order valence-corrected chi connectivity index (χ2v) is 5.18. The molecular formula is C10H16N4O3S.